The topological polar surface area (TPSA) is 104 Å². The first-order valence-corrected chi connectivity index (χ1v) is 7.12. The Bertz CT molecular complexity index is 455. The van der Waals surface area contributed by atoms with Gasteiger partial charge in [-0.05, 0) is 13.8 Å². The quantitative estimate of drug-likeness (QED) is 0.613. The predicted octanol–water partition coefficient (Wildman–Crippen LogP) is -0.0239. The van der Waals surface area contributed by atoms with E-state index in [-0.39, 0.29) is 17.6 Å². The molecule has 2 atom stereocenters. The van der Waals surface area contributed by atoms with Gasteiger partial charge < -0.3 is 20.8 Å². The number of amides is 1. The van der Waals surface area contributed by atoms with Crippen molar-refractivity contribution in [2.24, 2.45) is 11.7 Å². The molecular weight excluding hydrogens is 268 g/mol. The third-order valence-electron chi connectivity index (χ3n) is 3.48. The van der Waals surface area contributed by atoms with E-state index in [0.29, 0.717) is 23.6 Å². The molecule has 6 nitrogen and oxygen atoms in total. The van der Waals surface area contributed by atoms with Crippen LogP contribution in [0.25, 0.3) is 0 Å². The number of thioether (sulfide) groups is 1. The lowest BCUT2D eigenvalue weighted by Crippen LogP contribution is -2.65. The summed E-state index contributed by atoms with van der Waals surface area (Å²) in [6.45, 7) is 3.62. The zero-order valence-corrected chi connectivity index (χ0v) is 11.7. The highest BCUT2D eigenvalue weighted by molar-refractivity contribution is 8.03. The van der Waals surface area contributed by atoms with Gasteiger partial charge >= 0.3 is 5.97 Å². The fourth-order valence-corrected chi connectivity index (χ4v) is 3.73. The monoisotopic (exact) mass is 286 g/mol. The molecule has 0 aliphatic carbocycles. The van der Waals surface area contributed by atoms with Crippen LogP contribution in [0.5, 0.6) is 0 Å². The van der Waals surface area contributed by atoms with Crippen LogP contribution in [0.15, 0.2) is 10.6 Å². The second kappa shape index (κ2) is 4.81. The molecule has 1 amide bonds. The Balaban J connectivity index is 2.24. The Morgan fingerprint density at radius 2 is 2.21 bits per heavy atom. The number of rotatable bonds is 5. The SMILES string of the molecule is CC(C)(O)[C@H]1C(=O)N2C(C(=O)O)=C(SCCN)C[C@H]12. The van der Waals surface area contributed by atoms with Crippen LogP contribution in [-0.4, -0.2) is 50.9 Å². The van der Waals surface area contributed by atoms with Gasteiger partial charge in [0.15, 0.2) is 0 Å². The van der Waals surface area contributed by atoms with Crippen LogP contribution in [0.3, 0.4) is 0 Å². The maximum absolute atomic E-state index is 12.1. The van der Waals surface area contributed by atoms with Crippen LogP contribution >= 0.6 is 11.8 Å². The number of aliphatic carboxylic acids is 1. The first kappa shape index (κ1) is 14.4. The van der Waals surface area contributed by atoms with Gasteiger partial charge in [0.1, 0.15) is 5.70 Å². The molecule has 2 aliphatic rings. The normalized spacial score (nSPS) is 26.5. The number of hydrogen-bond acceptors (Lipinski definition) is 5. The number of carbonyl (C=O) groups excluding carboxylic acids is 1. The number of aliphatic hydroxyl groups is 1. The van der Waals surface area contributed by atoms with E-state index in [1.807, 2.05) is 0 Å². The van der Waals surface area contributed by atoms with Crippen molar-refractivity contribution in [1.82, 2.24) is 4.90 Å². The molecule has 106 valence electrons. The summed E-state index contributed by atoms with van der Waals surface area (Å²) in [4.78, 5) is 25.4. The standard InChI is InChI=1S/C12H18N2O4S/c1-12(2,18)8-6-5-7(19-4-3-13)9(11(16)17)14(6)10(8)15/h6,8,18H,3-5,13H2,1-2H3,(H,16,17)/t6-,8-/m1/s1. The summed E-state index contributed by atoms with van der Waals surface area (Å²) in [7, 11) is 0. The van der Waals surface area contributed by atoms with Gasteiger partial charge in [-0.1, -0.05) is 0 Å². The van der Waals surface area contributed by atoms with Gasteiger partial charge in [-0.2, -0.15) is 0 Å². The van der Waals surface area contributed by atoms with E-state index in [1.54, 1.807) is 13.8 Å². The minimum Gasteiger partial charge on any atom is -0.477 e. The third kappa shape index (κ3) is 2.26. The van der Waals surface area contributed by atoms with Crippen LogP contribution in [0, 0.1) is 5.92 Å². The van der Waals surface area contributed by atoms with Gasteiger partial charge in [0, 0.05) is 23.6 Å². The zero-order valence-electron chi connectivity index (χ0n) is 10.9. The number of carboxylic acid groups (broad SMARTS) is 1. The van der Waals surface area contributed by atoms with Gasteiger partial charge in [-0.25, -0.2) is 4.79 Å². The maximum atomic E-state index is 12.1. The molecule has 0 radical (unpaired) electrons. The number of fused-ring (bicyclic) bond motifs is 1. The van der Waals surface area contributed by atoms with Gasteiger partial charge in [0.2, 0.25) is 5.91 Å². The van der Waals surface area contributed by atoms with Crippen LogP contribution in [-0.2, 0) is 9.59 Å². The molecule has 2 heterocycles. The van der Waals surface area contributed by atoms with Crippen molar-refractivity contribution >= 4 is 23.6 Å². The van der Waals surface area contributed by atoms with E-state index in [2.05, 4.69) is 0 Å². The molecule has 1 saturated heterocycles. The fraction of sp³-hybridized carbons (Fsp3) is 0.667. The summed E-state index contributed by atoms with van der Waals surface area (Å²) < 4.78 is 0. The molecule has 4 N–H and O–H groups in total. The smallest absolute Gasteiger partial charge is 0.353 e. The summed E-state index contributed by atoms with van der Waals surface area (Å²) in [6.07, 6.45) is 0.493. The highest BCUT2D eigenvalue weighted by Crippen LogP contribution is 2.48. The molecule has 1 fully saturated rings. The average molecular weight is 286 g/mol. The Morgan fingerprint density at radius 3 is 2.68 bits per heavy atom. The van der Waals surface area contributed by atoms with E-state index in [1.165, 1.54) is 16.7 Å². The Morgan fingerprint density at radius 1 is 1.58 bits per heavy atom. The molecule has 19 heavy (non-hydrogen) atoms. The molecule has 2 rings (SSSR count). The summed E-state index contributed by atoms with van der Waals surface area (Å²) >= 11 is 1.38. The largest absolute Gasteiger partial charge is 0.477 e. The summed E-state index contributed by atoms with van der Waals surface area (Å²) in [5.41, 5.74) is 4.36. The molecule has 0 saturated carbocycles. The minimum absolute atomic E-state index is 0.0638. The van der Waals surface area contributed by atoms with Gasteiger partial charge in [0.25, 0.3) is 0 Å². The number of carboxylic acids is 1. The Labute approximate surface area is 115 Å². The van der Waals surface area contributed by atoms with Gasteiger partial charge in [-0.15, -0.1) is 11.8 Å². The van der Waals surface area contributed by atoms with Crippen LogP contribution in [0.1, 0.15) is 20.3 Å². The molecule has 0 aromatic heterocycles. The number of hydrogen-bond donors (Lipinski definition) is 3. The minimum atomic E-state index is -1.13. The number of carbonyl (C=O) groups is 2. The molecule has 0 aromatic carbocycles. The summed E-state index contributed by atoms with van der Waals surface area (Å²) in [5, 5.41) is 19.3. The number of nitrogens with zero attached hydrogens (tertiary/aromatic N) is 1. The first-order chi connectivity index (χ1) is 8.79. The van der Waals surface area contributed by atoms with Crippen molar-refractivity contribution in [3.05, 3.63) is 10.6 Å². The van der Waals surface area contributed by atoms with Gasteiger partial charge in [-0.3, -0.25) is 4.79 Å². The number of β-lactam (4-membered cyclic amide) rings is 1. The molecule has 0 spiro atoms. The molecule has 0 unspecified atom stereocenters. The molecule has 0 aromatic rings. The predicted molar refractivity (Wildman–Crippen MR) is 71.2 cm³/mol. The zero-order chi connectivity index (χ0) is 14.4. The highest BCUT2D eigenvalue weighted by atomic mass is 32.2. The van der Waals surface area contributed by atoms with Crippen molar-refractivity contribution in [1.29, 1.82) is 0 Å². The second-order valence-electron chi connectivity index (χ2n) is 5.33. The molecule has 2 aliphatic heterocycles. The summed E-state index contributed by atoms with van der Waals surface area (Å²) in [6, 6.07) is -0.237. The van der Waals surface area contributed by atoms with Crippen LogP contribution in [0.2, 0.25) is 0 Å². The van der Waals surface area contributed by atoms with Gasteiger partial charge in [0.05, 0.1) is 17.6 Å². The lowest BCUT2D eigenvalue weighted by atomic mass is 9.76. The molecule has 7 heteroatoms. The Hall–Kier alpha value is -1.05. The fourth-order valence-electron chi connectivity index (χ4n) is 2.76. The van der Waals surface area contributed by atoms with Crippen molar-refractivity contribution in [3.8, 4) is 0 Å². The summed E-state index contributed by atoms with van der Waals surface area (Å²) in [5.74, 6) is -1.31. The second-order valence-corrected chi connectivity index (χ2v) is 6.51. The van der Waals surface area contributed by atoms with E-state index in [0.717, 1.165) is 0 Å². The van der Waals surface area contributed by atoms with E-state index < -0.39 is 17.5 Å². The van der Waals surface area contributed by atoms with E-state index in [4.69, 9.17) is 5.73 Å². The van der Waals surface area contributed by atoms with Crippen molar-refractivity contribution in [2.45, 2.75) is 31.9 Å². The highest BCUT2D eigenvalue weighted by Gasteiger charge is 2.59. The molecular formula is C12H18N2O4S. The lowest BCUT2D eigenvalue weighted by molar-refractivity contribution is -0.169. The lowest BCUT2D eigenvalue weighted by Gasteiger charge is -2.48. The van der Waals surface area contributed by atoms with E-state index in [9.17, 15) is 19.8 Å². The molecule has 0 bridgehead atoms. The van der Waals surface area contributed by atoms with E-state index >= 15 is 0 Å². The average Bonchev–Trinajstić information content (AvgIpc) is 2.58. The van der Waals surface area contributed by atoms with Crippen molar-refractivity contribution < 1.29 is 19.8 Å². The maximum Gasteiger partial charge on any atom is 0.353 e. The van der Waals surface area contributed by atoms with Crippen molar-refractivity contribution in [3.63, 3.8) is 0 Å². The van der Waals surface area contributed by atoms with Crippen LogP contribution < -0.4 is 5.73 Å². The first-order valence-electron chi connectivity index (χ1n) is 6.13. The third-order valence-corrected chi connectivity index (χ3v) is 4.63. The number of nitrogens with two attached hydrogens (primary N) is 1. The van der Waals surface area contributed by atoms with Crippen LogP contribution in [0.4, 0.5) is 0 Å². The Kier molecular flexibility index (Phi) is 3.63. The van der Waals surface area contributed by atoms with Crippen molar-refractivity contribution in [2.75, 3.05) is 12.3 Å².